The topological polar surface area (TPSA) is 45.5 Å². The van der Waals surface area contributed by atoms with Crippen LogP contribution in [0.3, 0.4) is 0 Å². The van der Waals surface area contributed by atoms with Gasteiger partial charge in [-0.3, -0.25) is 4.79 Å². The van der Waals surface area contributed by atoms with E-state index in [4.69, 9.17) is 4.42 Å². The van der Waals surface area contributed by atoms with Gasteiger partial charge in [0.1, 0.15) is 11.3 Å². The molecule has 31 heavy (non-hydrogen) atoms. The molecule has 1 aliphatic rings. The van der Waals surface area contributed by atoms with Crippen molar-refractivity contribution in [3.63, 3.8) is 0 Å². The quantitative estimate of drug-likeness (QED) is 0.445. The molecule has 0 radical (unpaired) electrons. The third-order valence-corrected chi connectivity index (χ3v) is 6.70. The van der Waals surface area contributed by atoms with E-state index in [0.29, 0.717) is 17.6 Å². The van der Waals surface area contributed by atoms with Crippen LogP contribution in [0.15, 0.2) is 65.1 Å². The van der Waals surface area contributed by atoms with Crippen molar-refractivity contribution in [2.45, 2.75) is 45.2 Å². The summed E-state index contributed by atoms with van der Waals surface area (Å²) in [7, 11) is 2.21. The molecule has 0 bridgehead atoms. The lowest BCUT2D eigenvalue weighted by Gasteiger charge is -2.33. The Morgan fingerprint density at radius 2 is 1.87 bits per heavy atom. The molecule has 1 aliphatic carbocycles. The summed E-state index contributed by atoms with van der Waals surface area (Å²) in [5.41, 5.74) is 3.68. The maximum Gasteiger partial charge on any atom is 0.256 e. The van der Waals surface area contributed by atoms with Crippen LogP contribution in [0.1, 0.15) is 41.9 Å². The molecular weight excluding hydrogens is 384 g/mol. The SMILES string of the molecule is CC(C)N(C)C1CCc2oc3ccc(NC(=O)c4cccc5ccccc45)cc3c2C1. The maximum absolute atomic E-state index is 13.1. The molecule has 5 rings (SSSR count). The van der Waals surface area contributed by atoms with Gasteiger partial charge in [0.05, 0.1) is 0 Å². The summed E-state index contributed by atoms with van der Waals surface area (Å²) in [5.74, 6) is 1.01. The second kappa shape index (κ2) is 7.86. The van der Waals surface area contributed by atoms with Crippen LogP contribution in [0.4, 0.5) is 5.69 Å². The third kappa shape index (κ3) is 3.61. The van der Waals surface area contributed by atoms with Crippen LogP contribution in [0.2, 0.25) is 0 Å². The number of amides is 1. The van der Waals surface area contributed by atoms with Crippen molar-refractivity contribution in [1.29, 1.82) is 0 Å². The Labute approximate surface area is 182 Å². The van der Waals surface area contributed by atoms with E-state index in [-0.39, 0.29) is 5.91 Å². The lowest BCUT2D eigenvalue weighted by molar-refractivity contribution is 0.102. The van der Waals surface area contributed by atoms with Gasteiger partial charge in [0, 0.05) is 40.7 Å². The van der Waals surface area contributed by atoms with Crippen LogP contribution < -0.4 is 5.32 Å². The van der Waals surface area contributed by atoms with E-state index in [0.717, 1.165) is 52.5 Å². The predicted octanol–water partition coefficient (Wildman–Crippen LogP) is 6.04. The first kappa shape index (κ1) is 19.8. The fraction of sp³-hybridized carbons (Fsp3) is 0.296. The highest BCUT2D eigenvalue weighted by Crippen LogP contribution is 2.35. The highest BCUT2D eigenvalue weighted by Gasteiger charge is 2.27. The summed E-state index contributed by atoms with van der Waals surface area (Å²) >= 11 is 0. The monoisotopic (exact) mass is 412 g/mol. The van der Waals surface area contributed by atoms with Gasteiger partial charge in [-0.1, -0.05) is 36.4 Å². The van der Waals surface area contributed by atoms with Gasteiger partial charge < -0.3 is 14.6 Å². The molecule has 4 aromatic rings. The second-order valence-electron chi connectivity index (χ2n) is 8.85. The van der Waals surface area contributed by atoms with Gasteiger partial charge in [-0.15, -0.1) is 0 Å². The molecule has 1 unspecified atom stereocenters. The Balaban J connectivity index is 1.45. The molecule has 1 amide bonds. The van der Waals surface area contributed by atoms with Gasteiger partial charge in [0.15, 0.2) is 0 Å². The molecule has 3 aromatic carbocycles. The summed E-state index contributed by atoms with van der Waals surface area (Å²) in [6.07, 6.45) is 3.06. The molecule has 1 heterocycles. The van der Waals surface area contributed by atoms with Crippen molar-refractivity contribution in [2.24, 2.45) is 0 Å². The van der Waals surface area contributed by atoms with E-state index < -0.39 is 0 Å². The minimum atomic E-state index is -0.0917. The number of furan rings is 1. The Kier molecular flexibility index (Phi) is 5.03. The Bertz CT molecular complexity index is 1270. The Hall–Kier alpha value is -3.11. The average molecular weight is 413 g/mol. The fourth-order valence-electron chi connectivity index (χ4n) is 4.73. The number of aryl methyl sites for hydroxylation is 1. The summed E-state index contributed by atoms with van der Waals surface area (Å²) in [5, 5.41) is 6.24. The van der Waals surface area contributed by atoms with Gasteiger partial charge in [0.2, 0.25) is 0 Å². The van der Waals surface area contributed by atoms with Crippen LogP contribution in [-0.2, 0) is 12.8 Å². The number of hydrogen-bond donors (Lipinski definition) is 1. The fourth-order valence-corrected chi connectivity index (χ4v) is 4.73. The van der Waals surface area contributed by atoms with E-state index in [1.807, 2.05) is 54.6 Å². The third-order valence-electron chi connectivity index (χ3n) is 6.70. The van der Waals surface area contributed by atoms with Crippen LogP contribution in [0.5, 0.6) is 0 Å². The normalized spacial score (nSPS) is 16.2. The van der Waals surface area contributed by atoms with Crippen molar-refractivity contribution in [1.82, 2.24) is 4.90 Å². The van der Waals surface area contributed by atoms with Crippen LogP contribution in [-0.4, -0.2) is 29.9 Å². The van der Waals surface area contributed by atoms with Crippen molar-refractivity contribution < 1.29 is 9.21 Å². The molecule has 1 atom stereocenters. The van der Waals surface area contributed by atoms with E-state index >= 15 is 0 Å². The molecule has 1 N–H and O–H groups in total. The van der Waals surface area contributed by atoms with Gasteiger partial charge in [-0.25, -0.2) is 0 Å². The molecular formula is C27H28N2O2. The van der Waals surface area contributed by atoms with Gasteiger partial charge >= 0.3 is 0 Å². The molecule has 0 saturated heterocycles. The predicted molar refractivity (Wildman–Crippen MR) is 127 cm³/mol. The van der Waals surface area contributed by atoms with Crippen LogP contribution in [0.25, 0.3) is 21.7 Å². The van der Waals surface area contributed by atoms with E-state index in [1.165, 1.54) is 5.56 Å². The summed E-state index contributed by atoms with van der Waals surface area (Å²) in [6, 6.07) is 20.8. The zero-order valence-electron chi connectivity index (χ0n) is 18.3. The van der Waals surface area contributed by atoms with Crippen LogP contribution >= 0.6 is 0 Å². The first-order valence-electron chi connectivity index (χ1n) is 11.1. The number of hydrogen-bond acceptors (Lipinski definition) is 3. The average Bonchev–Trinajstić information content (AvgIpc) is 3.15. The molecule has 0 saturated carbocycles. The number of nitrogens with one attached hydrogen (secondary N) is 1. The molecule has 1 aromatic heterocycles. The lowest BCUT2D eigenvalue weighted by atomic mass is 9.90. The summed E-state index contributed by atoms with van der Waals surface area (Å²) in [6.45, 7) is 4.48. The standard InChI is InChI=1S/C27H28N2O2/c1-17(2)29(3)20-12-14-26-24(16-20)23-15-19(11-13-25(23)31-26)28-27(30)22-10-6-8-18-7-4-5-9-21(18)22/h4-11,13,15,17,20H,12,14,16H2,1-3H3,(H,28,30). The number of fused-ring (bicyclic) bond motifs is 4. The summed E-state index contributed by atoms with van der Waals surface area (Å²) < 4.78 is 6.15. The molecule has 4 heteroatoms. The van der Waals surface area contributed by atoms with Crippen molar-refractivity contribution in [3.05, 3.63) is 77.6 Å². The largest absolute Gasteiger partial charge is 0.461 e. The highest BCUT2D eigenvalue weighted by atomic mass is 16.3. The maximum atomic E-state index is 13.1. The van der Waals surface area contributed by atoms with E-state index in [2.05, 4.69) is 37.2 Å². The highest BCUT2D eigenvalue weighted by molar-refractivity contribution is 6.13. The van der Waals surface area contributed by atoms with E-state index in [1.54, 1.807) is 0 Å². The van der Waals surface area contributed by atoms with Crippen molar-refractivity contribution >= 4 is 33.3 Å². The summed E-state index contributed by atoms with van der Waals surface area (Å²) in [4.78, 5) is 15.5. The molecule has 0 spiro atoms. The number of carbonyl (C=O) groups is 1. The molecule has 4 nitrogen and oxygen atoms in total. The first-order chi connectivity index (χ1) is 15.0. The molecule has 158 valence electrons. The smallest absolute Gasteiger partial charge is 0.256 e. The van der Waals surface area contributed by atoms with Crippen molar-refractivity contribution in [3.8, 4) is 0 Å². The number of likely N-dealkylation sites (N-methyl/N-ethyl adjacent to an activating group) is 1. The van der Waals surface area contributed by atoms with Crippen molar-refractivity contribution in [2.75, 3.05) is 12.4 Å². The number of benzene rings is 3. The number of nitrogens with zero attached hydrogens (tertiary/aromatic N) is 1. The Morgan fingerprint density at radius 1 is 1.06 bits per heavy atom. The van der Waals surface area contributed by atoms with E-state index in [9.17, 15) is 4.79 Å². The zero-order valence-corrected chi connectivity index (χ0v) is 18.3. The minimum absolute atomic E-state index is 0.0917. The number of carbonyl (C=O) groups excluding carboxylic acids is 1. The number of rotatable bonds is 4. The molecule has 0 fully saturated rings. The van der Waals surface area contributed by atoms with Gasteiger partial charge in [-0.2, -0.15) is 0 Å². The minimum Gasteiger partial charge on any atom is -0.461 e. The number of anilines is 1. The molecule has 0 aliphatic heterocycles. The zero-order chi connectivity index (χ0) is 21.5. The first-order valence-corrected chi connectivity index (χ1v) is 11.1. The van der Waals surface area contributed by atoms with Gasteiger partial charge in [-0.05, 0) is 68.8 Å². The van der Waals surface area contributed by atoms with Gasteiger partial charge in [0.25, 0.3) is 5.91 Å². The lowest BCUT2D eigenvalue weighted by Crippen LogP contribution is -2.40. The Morgan fingerprint density at radius 3 is 2.71 bits per heavy atom. The van der Waals surface area contributed by atoms with Crippen LogP contribution in [0, 0.1) is 0 Å². The second-order valence-corrected chi connectivity index (χ2v) is 8.85.